The summed E-state index contributed by atoms with van der Waals surface area (Å²) in [6.07, 6.45) is 0.527. The van der Waals surface area contributed by atoms with Crippen LogP contribution in [0.25, 0.3) is 11.3 Å². The molecular weight excluding hydrogens is 393 g/mol. The highest BCUT2D eigenvalue weighted by Crippen LogP contribution is 2.31. The van der Waals surface area contributed by atoms with E-state index in [9.17, 15) is 10.1 Å². The lowest BCUT2D eigenvalue weighted by Crippen LogP contribution is -2.18. The zero-order valence-electron chi connectivity index (χ0n) is 13.8. The van der Waals surface area contributed by atoms with Crippen molar-refractivity contribution in [1.82, 2.24) is 4.98 Å². The van der Waals surface area contributed by atoms with E-state index in [2.05, 4.69) is 10.3 Å². The van der Waals surface area contributed by atoms with E-state index in [0.717, 1.165) is 16.4 Å². The smallest absolute Gasteiger partial charge is 0.272 e. The Morgan fingerprint density at radius 2 is 2.00 bits per heavy atom. The standard InChI is InChI=1S/C18H15Cl2N3O2S/c1-11(8-13-4-2-3-5-17(13)23(24)25)21-18-22-16(10-26-18)12-6-7-14(19)15(20)9-12/h2-7,9-11H,8H2,1H3,(H,21,22). The van der Waals surface area contributed by atoms with E-state index in [4.69, 9.17) is 23.2 Å². The van der Waals surface area contributed by atoms with Gasteiger partial charge in [0.15, 0.2) is 5.13 Å². The highest BCUT2D eigenvalue weighted by atomic mass is 35.5. The Bertz CT molecular complexity index is 946. The first-order valence-electron chi connectivity index (χ1n) is 7.84. The Hall–Kier alpha value is -2.15. The number of thiazole rings is 1. The molecule has 26 heavy (non-hydrogen) atoms. The zero-order valence-corrected chi connectivity index (χ0v) is 16.1. The monoisotopic (exact) mass is 407 g/mol. The van der Waals surface area contributed by atoms with Gasteiger partial charge in [-0.3, -0.25) is 10.1 Å². The third kappa shape index (κ3) is 4.33. The average Bonchev–Trinajstić information content (AvgIpc) is 3.06. The van der Waals surface area contributed by atoms with Gasteiger partial charge in [0.1, 0.15) is 0 Å². The molecule has 1 aromatic heterocycles. The van der Waals surface area contributed by atoms with E-state index in [0.29, 0.717) is 22.0 Å². The Balaban J connectivity index is 1.71. The van der Waals surface area contributed by atoms with E-state index < -0.39 is 0 Å². The first-order chi connectivity index (χ1) is 12.4. The van der Waals surface area contributed by atoms with Gasteiger partial charge < -0.3 is 5.32 Å². The molecule has 3 aromatic rings. The quantitative estimate of drug-likeness (QED) is 0.397. The number of aromatic nitrogens is 1. The van der Waals surface area contributed by atoms with Crippen LogP contribution in [0, 0.1) is 10.1 Å². The summed E-state index contributed by atoms with van der Waals surface area (Å²) < 4.78 is 0. The lowest BCUT2D eigenvalue weighted by Gasteiger charge is -2.13. The molecule has 134 valence electrons. The van der Waals surface area contributed by atoms with Gasteiger partial charge in [-0.15, -0.1) is 11.3 Å². The fourth-order valence-corrected chi connectivity index (χ4v) is 3.71. The van der Waals surface area contributed by atoms with Crippen LogP contribution in [0.3, 0.4) is 0 Å². The van der Waals surface area contributed by atoms with Crippen molar-refractivity contribution in [3.05, 3.63) is 73.6 Å². The predicted molar refractivity (Wildman–Crippen MR) is 107 cm³/mol. The molecule has 1 heterocycles. The van der Waals surface area contributed by atoms with Crippen LogP contribution >= 0.6 is 34.5 Å². The fraction of sp³-hybridized carbons (Fsp3) is 0.167. The molecule has 1 N–H and O–H groups in total. The molecule has 5 nitrogen and oxygen atoms in total. The maximum absolute atomic E-state index is 11.1. The van der Waals surface area contributed by atoms with Gasteiger partial charge in [-0.2, -0.15) is 0 Å². The highest BCUT2D eigenvalue weighted by Gasteiger charge is 2.16. The van der Waals surface area contributed by atoms with Gasteiger partial charge in [0.25, 0.3) is 5.69 Å². The molecule has 0 spiro atoms. The van der Waals surface area contributed by atoms with Crippen molar-refractivity contribution in [1.29, 1.82) is 0 Å². The molecule has 0 bridgehead atoms. The second-order valence-electron chi connectivity index (χ2n) is 5.80. The van der Waals surface area contributed by atoms with Gasteiger partial charge in [-0.05, 0) is 25.5 Å². The molecule has 0 aliphatic heterocycles. The van der Waals surface area contributed by atoms with Crippen molar-refractivity contribution in [3.63, 3.8) is 0 Å². The molecule has 0 saturated heterocycles. The zero-order chi connectivity index (χ0) is 18.7. The second kappa shape index (κ2) is 8.03. The van der Waals surface area contributed by atoms with Crippen LogP contribution < -0.4 is 5.32 Å². The predicted octanol–water partition coefficient (Wildman–Crippen LogP) is 6.07. The van der Waals surface area contributed by atoms with Crippen LogP contribution in [0.5, 0.6) is 0 Å². The van der Waals surface area contributed by atoms with E-state index >= 15 is 0 Å². The number of nitrogens with zero attached hydrogens (tertiary/aromatic N) is 2. The summed E-state index contributed by atoms with van der Waals surface area (Å²) in [5, 5.41) is 18.1. The number of nitro groups is 1. The van der Waals surface area contributed by atoms with Crippen molar-refractivity contribution in [3.8, 4) is 11.3 Å². The van der Waals surface area contributed by atoms with Crippen molar-refractivity contribution >= 4 is 45.4 Å². The molecule has 0 aliphatic carbocycles. The van der Waals surface area contributed by atoms with Crippen LogP contribution in [0.4, 0.5) is 10.8 Å². The highest BCUT2D eigenvalue weighted by molar-refractivity contribution is 7.14. The second-order valence-corrected chi connectivity index (χ2v) is 7.47. The Morgan fingerprint density at radius 1 is 1.23 bits per heavy atom. The number of hydrogen-bond donors (Lipinski definition) is 1. The van der Waals surface area contributed by atoms with Gasteiger partial charge >= 0.3 is 0 Å². The number of hydrogen-bond acceptors (Lipinski definition) is 5. The molecule has 0 fully saturated rings. The number of halogens is 2. The minimum Gasteiger partial charge on any atom is -0.359 e. The number of para-hydroxylation sites is 1. The van der Waals surface area contributed by atoms with Gasteiger partial charge in [-0.1, -0.05) is 47.5 Å². The SMILES string of the molecule is CC(Cc1ccccc1[N+](=O)[O-])Nc1nc(-c2ccc(Cl)c(Cl)c2)cs1. The molecule has 2 aromatic carbocycles. The lowest BCUT2D eigenvalue weighted by atomic mass is 10.1. The van der Waals surface area contributed by atoms with E-state index in [1.165, 1.54) is 17.4 Å². The van der Waals surface area contributed by atoms with E-state index in [1.807, 2.05) is 18.4 Å². The number of nitro benzene ring substituents is 1. The Labute approximate surface area is 164 Å². The van der Waals surface area contributed by atoms with Crippen LogP contribution in [0.15, 0.2) is 47.8 Å². The topological polar surface area (TPSA) is 68.1 Å². The number of rotatable bonds is 6. The largest absolute Gasteiger partial charge is 0.359 e. The summed E-state index contributed by atoms with van der Waals surface area (Å²) in [7, 11) is 0. The minimum atomic E-state index is -0.353. The van der Waals surface area contributed by atoms with Crippen LogP contribution in [-0.4, -0.2) is 15.9 Å². The third-order valence-corrected chi connectivity index (χ3v) is 5.32. The number of nitrogens with one attached hydrogen (secondary N) is 1. The third-order valence-electron chi connectivity index (χ3n) is 3.80. The number of benzene rings is 2. The minimum absolute atomic E-state index is 0.0103. The molecule has 1 unspecified atom stereocenters. The van der Waals surface area contributed by atoms with Crippen LogP contribution in [0.1, 0.15) is 12.5 Å². The van der Waals surface area contributed by atoms with Gasteiger partial charge in [0, 0.05) is 28.6 Å². The summed E-state index contributed by atoms with van der Waals surface area (Å²) in [5.74, 6) is 0. The summed E-state index contributed by atoms with van der Waals surface area (Å²) in [6, 6.07) is 12.1. The summed E-state index contributed by atoms with van der Waals surface area (Å²) in [4.78, 5) is 15.3. The molecular formula is C18H15Cl2N3O2S. The van der Waals surface area contributed by atoms with Crippen molar-refractivity contribution < 1.29 is 4.92 Å². The average molecular weight is 408 g/mol. The molecule has 3 rings (SSSR count). The summed E-state index contributed by atoms with van der Waals surface area (Å²) >= 11 is 13.5. The molecule has 1 atom stereocenters. The molecule has 8 heteroatoms. The number of anilines is 1. The summed E-state index contributed by atoms with van der Waals surface area (Å²) in [6.45, 7) is 1.97. The molecule has 0 aliphatic rings. The van der Waals surface area contributed by atoms with Gasteiger partial charge in [0.2, 0.25) is 0 Å². The van der Waals surface area contributed by atoms with E-state index in [1.54, 1.807) is 30.3 Å². The van der Waals surface area contributed by atoms with Crippen LogP contribution in [-0.2, 0) is 6.42 Å². The van der Waals surface area contributed by atoms with Crippen LogP contribution in [0.2, 0.25) is 10.0 Å². The van der Waals surface area contributed by atoms with Crippen molar-refractivity contribution in [2.24, 2.45) is 0 Å². The molecule has 0 saturated carbocycles. The normalized spacial score (nSPS) is 12.0. The maximum atomic E-state index is 11.1. The first kappa shape index (κ1) is 18.6. The van der Waals surface area contributed by atoms with Crippen molar-refractivity contribution in [2.75, 3.05) is 5.32 Å². The van der Waals surface area contributed by atoms with Gasteiger partial charge in [0.05, 0.1) is 20.7 Å². The fourth-order valence-electron chi connectivity index (χ4n) is 2.58. The first-order valence-corrected chi connectivity index (χ1v) is 9.47. The molecule has 0 radical (unpaired) electrons. The maximum Gasteiger partial charge on any atom is 0.272 e. The Kier molecular flexibility index (Phi) is 5.76. The lowest BCUT2D eigenvalue weighted by molar-refractivity contribution is -0.385. The summed E-state index contributed by atoms with van der Waals surface area (Å²) in [5.41, 5.74) is 2.51. The van der Waals surface area contributed by atoms with E-state index in [-0.39, 0.29) is 16.7 Å². The molecule has 0 amide bonds. The van der Waals surface area contributed by atoms with Gasteiger partial charge in [-0.25, -0.2) is 4.98 Å². The van der Waals surface area contributed by atoms with Crippen molar-refractivity contribution in [2.45, 2.75) is 19.4 Å². The Morgan fingerprint density at radius 3 is 2.73 bits per heavy atom.